The average molecular weight is 433 g/mol. The lowest BCUT2D eigenvalue weighted by Gasteiger charge is -2.41. The molecule has 3 aromatic rings. The predicted octanol–water partition coefficient (Wildman–Crippen LogP) is 3.96. The summed E-state index contributed by atoms with van der Waals surface area (Å²) in [5.41, 5.74) is 1.18. The van der Waals surface area contributed by atoms with Crippen LogP contribution < -0.4 is 14.3 Å². The van der Waals surface area contributed by atoms with E-state index in [1.165, 1.54) is 4.57 Å². The summed E-state index contributed by atoms with van der Waals surface area (Å²) in [7, 11) is -2.09. The minimum Gasteiger partial charge on any atom is -0.487 e. The van der Waals surface area contributed by atoms with Crippen LogP contribution in [-0.2, 0) is 17.1 Å². The molecular formula is C21H24N2O4S2. The lowest BCUT2D eigenvalue weighted by molar-refractivity contribution is 0.0260. The van der Waals surface area contributed by atoms with E-state index >= 15 is 0 Å². The molecule has 1 aromatic heterocycles. The van der Waals surface area contributed by atoms with Crippen LogP contribution >= 0.6 is 11.3 Å². The summed E-state index contributed by atoms with van der Waals surface area (Å²) in [5.74, 6) is 0.729. The molecule has 154 valence electrons. The molecule has 4 rings (SSSR count). The van der Waals surface area contributed by atoms with Crippen molar-refractivity contribution in [3.63, 3.8) is 0 Å². The van der Waals surface area contributed by atoms with Crippen LogP contribution in [0.4, 0.5) is 0 Å². The molecule has 0 fully saturated rings. The quantitative estimate of drug-likeness (QED) is 0.662. The summed E-state index contributed by atoms with van der Waals surface area (Å²) in [4.78, 5) is 11.9. The van der Waals surface area contributed by atoms with Crippen molar-refractivity contribution in [2.75, 3.05) is 0 Å². The van der Waals surface area contributed by atoms with Gasteiger partial charge < -0.3 is 9.30 Å². The van der Waals surface area contributed by atoms with Crippen LogP contribution in [-0.4, -0.2) is 18.6 Å². The number of ether oxygens (including phenoxy) is 1. The van der Waals surface area contributed by atoms with Gasteiger partial charge in [-0.2, -0.15) is 0 Å². The van der Waals surface area contributed by atoms with E-state index in [2.05, 4.69) is 18.6 Å². The Morgan fingerprint density at radius 2 is 1.93 bits per heavy atom. The third kappa shape index (κ3) is 3.49. The smallest absolute Gasteiger partial charge is 0.307 e. The molecular weight excluding hydrogens is 408 g/mol. The highest BCUT2D eigenvalue weighted by atomic mass is 32.2. The molecule has 0 unspecified atom stereocenters. The zero-order valence-electron chi connectivity index (χ0n) is 16.6. The second-order valence-electron chi connectivity index (χ2n) is 7.46. The zero-order valence-corrected chi connectivity index (χ0v) is 18.3. The Morgan fingerprint density at radius 3 is 2.66 bits per heavy atom. The number of fused-ring (bicyclic) bond motifs is 2. The Balaban J connectivity index is 1.73. The standard InChI is InChI=1S/C21H24N2O4S2/c1-4-21(5-2)13-16(15-8-6-7-9-18(15)27-21)22-29(25,26)14-10-11-17-19(12-14)28-20(24)23(17)3/h6-12,16,22H,4-5,13H2,1-3H3/t16-/m1/s1. The van der Waals surface area contributed by atoms with Gasteiger partial charge in [-0.25, -0.2) is 13.1 Å². The number of rotatable bonds is 5. The molecule has 2 aromatic carbocycles. The van der Waals surface area contributed by atoms with Crippen LogP contribution in [0.1, 0.15) is 44.7 Å². The van der Waals surface area contributed by atoms with Crippen molar-refractivity contribution in [3.8, 4) is 5.75 Å². The molecule has 0 saturated carbocycles. The first-order valence-corrected chi connectivity index (χ1v) is 12.0. The Morgan fingerprint density at radius 1 is 1.21 bits per heavy atom. The first-order chi connectivity index (χ1) is 13.8. The molecule has 0 saturated heterocycles. The molecule has 1 atom stereocenters. The molecule has 1 aliphatic heterocycles. The number of benzene rings is 2. The van der Waals surface area contributed by atoms with Crippen molar-refractivity contribution in [2.45, 2.75) is 49.6 Å². The van der Waals surface area contributed by atoms with E-state index in [-0.39, 0.29) is 15.8 Å². The lowest BCUT2D eigenvalue weighted by atomic mass is 9.84. The number of para-hydroxylation sites is 1. The van der Waals surface area contributed by atoms with E-state index in [9.17, 15) is 13.2 Å². The van der Waals surface area contributed by atoms with Gasteiger partial charge >= 0.3 is 4.87 Å². The molecule has 1 N–H and O–H groups in total. The van der Waals surface area contributed by atoms with Crippen LogP contribution in [0.15, 0.2) is 52.2 Å². The summed E-state index contributed by atoms with van der Waals surface area (Å²) >= 11 is 1.05. The number of hydrogen-bond acceptors (Lipinski definition) is 5. The largest absolute Gasteiger partial charge is 0.487 e. The number of sulfonamides is 1. The maximum atomic E-state index is 13.2. The van der Waals surface area contributed by atoms with Crippen LogP contribution in [0.25, 0.3) is 10.2 Å². The molecule has 0 aliphatic carbocycles. The first-order valence-electron chi connectivity index (χ1n) is 9.68. The molecule has 0 spiro atoms. The van der Waals surface area contributed by atoms with Gasteiger partial charge in [0.15, 0.2) is 0 Å². The van der Waals surface area contributed by atoms with E-state index in [0.717, 1.165) is 41.0 Å². The summed E-state index contributed by atoms with van der Waals surface area (Å²) < 4.78 is 37.7. The molecule has 1 aliphatic rings. The Bertz CT molecular complexity index is 1220. The van der Waals surface area contributed by atoms with E-state index in [1.807, 2.05) is 24.3 Å². The van der Waals surface area contributed by atoms with E-state index in [0.29, 0.717) is 11.1 Å². The van der Waals surface area contributed by atoms with Gasteiger partial charge in [0.05, 0.1) is 21.2 Å². The summed E-state index contributed by atoms with van der Waals surface area (Å²) in [6.45, 7) is 4.13. The highest BCUT2D eigenvalue weighted by Gasteiger charge is 2.40. The fourth-order valence-electron chi connectivity index (χ4n) is 3.94. The predicted molar refractivity (Wildman–Crippen MR) is 115 cm³/mol. The number of nitrogens with zero attached hydrogens (tertiary/aromatic N) is 1. The van der Waals surface area contributed by atoms with Crippen molar-refractivity contribution in [1.29, 1.82) is 0 Å². The number of aromatic nitrogens is 1. The summed E-state index contributed by atoms with van der Waals surface area (Å²) in [6, 6.07) is 12.0. The second kappa shape index (κ2) is 7.27. The van der Waals surface area contributed by atoms with Crippen molar-refractivity contribution < 1.29 is 13.2 Å². The maximum Gasteiger partial charge on any atom is 0.307 e. The van der Waals surface area contributed by atoms with Crippen LogP contribution in [0.3, 0.4) is 0 Å². The van der Waals surface area contributed by atoms with E-state index in [1.54, 1.807) is 25.2 Å². The SMILES string of the molecule is CCC1(CC)C[C@@H](NS(=O)(=O)c2ccc3c(c2)sc(=O)n3C)c2ccccc2O1. The van der Waals surface area contributed by atoms with Gasteiger partial charge in [-0.1, -0.05) is 43.4 Å². The van der Waals surface area contributed by atoms with Crippen LogP contribution in [0, 0.1) is 0 Å². The topological polar surface area (TPSA) is 77.4 Å². The number of hydrogen-bond donors (Lipinski definition) is 1. The molecule has 0 bridgehead atoms. The first kappa shape index (κ1) is 20.1. The van der Waals surface area contributed by atoms with Gasteiger partial charge in [0.2, 0.25) is 10.0 Å². The molecule has 0 radical (unpaired) electrons. The summed E-state index contributed by atoms with van der Waals surface area (Å²) in [6.07, 6.45) is 2.15. The van der Waals surface area contributed by atoms with Gasteiger partial charge in [-0.15, -0.1) is 0 Å². The van der Waals surface area contributed by atoms with Gasteiger partial charge in [0.1, 0.15) is 11.4 Å². The molecule has 2 heterocycles. The molecule has 6 nitrogen and oxygen atoms in total. The van der Waals surface area contributed by atoms with Crippen molar-refractivity contribution in [2.24, 2.45) is 7.05 Å². The van der Waals surface area contributed by atoms with Crippen molar-refractivity contribution in [1.82, 2.24) is 9.29 Å². The minimum atomic E-state index is -3.77. The van der Waals surface area contributed by atoms with Crippen LogP contribution in [0.2, 0.25) is 0 Å². The van der Waals surface area contributed by atoms with Crippen molar-refractivity contribution >= 4 is 31.6 Å². The van der Waals surface area contributed by atoms with Gasteiger partial charge in [0.25, 0.3) is 0 Å². The van der Waals surface area contributed by atoms with Crippen LogP contribution in [0.5, 0.6) is 5.75 Å². The lowest BCUT2D eigenvalue weighted by Crippen LogP contribution is -2.44. The van der Waals surface area contributed by atoms with Gasteiger partial charge in [-0.05, 0) is 37.1 Å². The fraction of sp³-hybridized carbons (Fsp3) is 0.381. The van der Waals surface area contributed by atoms with Gasteiger partial charge in [-0.3, -0.25) is 4.79 Å². The van der Waals surface area contributed by atoms with E-state index in [4.69, 9.17) is 4.74 Å². The third-order valence-corrected chi connectivity index (χ3v) is 8.32. The Kier molecular flexibility index (Phi) is 5.04. The number of thiazole rings is 1. The molecule has 8 heteroatoms. The molecule has 0 amide bonds. The average Bonchev–Trinajstić information content (AvgIpc) is 3.00. The van der Waals surface area contributed by atoms with E-state index < -0.39 is 15.6 Å². The monoisotopic (exact) mass is 432 g/mol. The van der Waals surface area contributed by atoms with Crippen molar-refractivity contribution in [3.05, 3.63) is 57.7 Å². The maximum absolute atomic E-state index is 13.2. The number of nitrogens with one attached hydrogen (secondary N) is 1. The van der Waals surface area contributed by atoms with Gasteiger partial charge in [0, 0.05) is 19.0 Å². The number of aryl methyl sites for hydroxylation is 1. The third-order valence-electron chi connectivity index (χ3n) is 5.86. The highest BCUT2D eigenvalue weighted by molar-refractivity contribution is 7.89. The normalized spacial score (nSPS) is 18.4. The highest BCUT2D eigenvalue weighted by Crippen LogP contribution is 2.43. The molecule has 29 heavy (non-hydrogen) atoms. The second-order valence-corrected chi connectivity index (χ2v) is 10.2. The zero-order chi connectivity index (χ0) is 20.8. The Labute approximate surface area is 174 Å². The summed E-state index contributed by atoms with van der Waals surface area (Å²) in [5, 5.41) is 0. The Hall–Kier alpha value is -2.16. The fourth-order valence-corrected chi connectivity index (χ4v) is 6.18. The minimum absolute atomic E-state index is 0.114.